The van der Waals surface area contributed by atoms with Crippen molar-refractivity contribution in [3.8, 4) is 0 Å². The highest BCUT2D eigenvalue weighted by atomic mass is 16.2. The van der Waals surface area contributed by atoms with Crippen molar-refractivity contribution in [3.05, 3.63) is 23.8 Å². The second-order valence-corrected chi connectivity index (χ2v) is 8.32. The average molecular weight is 357 g/mol. The number of nitrogens with zero attached hydrogens (tertiary/aromatic N) is 2. The molecule has 2 aliphatic rings. The minimum atomic E-state index is -0.0604. The lowest BCUT2D eigenvalue weighted by Gasteiger charge is -2.26. The minimum absolute atomic E-state index is 0.0115. The van der Waals surface area contributed by atoms with Gasteiger partial charge in [-0.05, 0) is 55.4 Å². The molecular formula is C21H31N3O2. The van der Waals surface area contributed by atoms with Crippen LogP contribution in [0.4, 0.5) is 11.4 Å². The number of carbonyl (C=O) groups excluding carboxylic acids is 2. The van der Waals surface area contributed by atoms with Crippen LogP contribution < -0.4 is 10.2 Å². The summed E-state index contributed by atoms with van der Waals surface area (Å²) in [5.74, 6) is 1.16. The van der Waals surface area contributed by atoms with E-state index in [-0.39, 0.29) is 17.7 Å². The zero-order valence-corrected chi connectivity index (χ0v) is 16.4. The van der Waals surface area contributed by atoms with E-state index in [4.69, 9.17) is 0 Å². The third kappa shape index (κ3) is 4.77. The number of carbonyl (C=O) groups is 2. The molecule has 1 aromatic rings. The molecule has 3 rings (SSSR count). The molecule has 0 unspecified atom stereocenters. The van der Waals surface area contributed by atoms with Crippen molar-refractivity contribution in [1.29, 1.82) is 0 Å². The van der Waals surface area contributed by atoms with E-state index in [0.29, 0.717) is 18.4 Å². The fourth-order valence-corrected chi connectivity index (χ4v) is 3.15. The van der Waals surface area contributed by atoms with E-state index in [2.05, 4.69) is 10.2 Å². The quantitative estimate of drug-likeness (QED) is 0.775. The highest BCUT2D eigenvalue weighted by Gasteiger charge is 2.36. The largest absolute Gasteiger partial charge is 0.377 e. The highest BCUT2D eigenvalue weighted by molar-refractivity contribution is 5.92. The van der Waals surface area contributed by atoms with Crippen molar-refractivity contribution in [1.82, 2.24) is 4.90 Å². The van der Waals surface area contributed by atoms with E-state index in [9.17, 15) is 9.59 Å². The van der Waals surface area contributed by atoms with Gasteiger partial charge in [0.05, 0.1) is 0 Å². The van der Waals surface area contributed by atoms with Crippen LogP contribution in [0.2, 0.25) is 0 Å². The molecule has 0 radical (unpaired) electrons. The van der Waals surface area contributed by atoms with Crippen LogP contribution in [0.25, 0.3) is 0 Å². The maximum atomic E-state index is 12.7. The maximum absolute atomic E-state index is 12.7. The Labute approximate surface area is 156 Å². The van der Waals surface area contributed by atoms with Gasteiger partial charge in [0.25, 0.3) is 0 Å². The van der Waals surface area contributed by atoms with Gasteiger partial charge in [0.2, 0.25) is 11.8 Å². The molecule has 1 aromatic carbocycles. The molecule has 0 atom stereocenters. The maximum Gasteiger partial charge on any atom is 0.226 e. The number of benzene rings is 1. The molecule has 0 saturated heterocycles. The Hall–Kier alpha value is -2.04. The smallest absolute Gasteiger partial charge is 0.226 e. The van der Waals surface area contributed by atoms with Gasteiger partial charge in [-0.1, -0.05) is 13.8 Å². The molecule has 2 amide bonds. The highest BCUT2D eigenvalue weighted by Crippen LogP contribution is 2.36. The molecule has 1 N–H and O–H groups in total. The van der Waals surface area contributed by atoms with Crippen molar-refractivity contribution < 1.29 is 9.59 Å². The normalized spacial score (nSPS) is 16.5. The molecule has 5 nitrogen and oxygen atoms in total. The predicted molar refractivity (Wildman–Crippen MR) is 105 cm³/mol. The Morgan fingerprint density at radius 2 is 1.85 bits per heavy atom. The number of rotatable bonds is 8. The number of hydrogen-bond acceptors (Lipinski definition) is 3. The number of hydrogen-bond donors (Lipinski definition) is 1. The predicted octanol–water partition coefficient (Wildman–Crippen LogP) is 3.50. The first-order chi connectivity index (χ1) is 12.3. The lowest BCUT2D eigenvalue weighted by molar-refractivity contribution is -0.133. The summed E-state index contributed by atoms with van der Waals surface area (Å²) in [6.45, 7) is 5.25. The van der Waals surface area contributed by atoms with Crippen molar-refractivity contribution in [2.24, 2.45) is 17.8 Å². The molecular weight excluding hydrogens is 326 g/mol. The van der Waals surface area contributed by atoms with Gasteiger partial charge < -0.3 is 15.1 Å². The third-order valence-corrected chi connectivity index (χ3v) is 5.13. The first-order valence-corrected chi connectivity index (χ1v) is 9.75. The van der Waals surface area contributed by atoms with Crippen LogP contribution in [0.1, 0.15) is 45.1 Å². The molecule has 0 spiro atoms. The lowest BCUT2D eigenvalue weighted by atomic mass is 10.1. The summed E-state index contributed by atoms with van der Waals surface area (Å²) in [6.07, 6.45) is 4.54. The number of nitrogens with one attached hydrogen (secondary N) is 1. The van der Waals surface area contributed by atoms with E-state index >= 15 is 0 Å². The van der Waals surface area contributed by atoms with Crippen LogP contribution in [-0.4, -0.2) is 37.4 Å². The van der Waals surface area contributed by atoms with Gasteiger partial charge in [0.15, 0.2) is 0 Å². The monoisotopic (exact) mass is 357 g/mol. The summed E-state index contributed by atoms with van der Waals surface area (Å²) in [6, 6.07) is 5.99. The Morgan fingerprint density at radius 3 is 2.38 bits per heavy atom. The first-order valence-electron chi connectivity index (χ1n) is 9.75. The van der Waals surface area contributed by atoms with Crippen molar-refractivity contribution in [2.75, 3.05) is 30.9 Å². The fraction of sp³-hybridized carbons (Fsp3) is 0.619. The van der Waals surface area contributed by atoms with Gasteiger partial charge in [-0.15, -0.1) is 0 Å². The van der Waals surface area contributed by atoms with Gasteiger partial charge in [-0.25, -0.2) is 0 Å². The van der Waals surface area contributed by atoms with Gasteiger partial charge in [-0.2, -0.15) is 0 Å². The van der Waals surface area contributed by atoms with Crippen LogP contribution in [0.5, 0.6) is 0 Å². The molecule has 26 heavy (non-hydrogen) atoms. The molecule has 2 saturated carbocycles. The zero-order valence-electron chi connectivity index (χ0n) is 16.4. The summed E-state index contributed by atoms with van der Waals surface area (Å²) in [4.78, 5) is 28.9. The van der Waals surface area contributed by atoms with Crippen molar-refractivity contribution in [2.45, 2.75) is 46.1 Å². The zero-order chi connectivity index (χ0) is 18.8. The van der Waals surface area contributed by atoms with Gasteiger partial charge >= 0.3 is 0 Å². The molecule has 0 heterocycles. The van der Waals surface area contributed by atoms with Crippen LogP contribution >= 0.6 is 0 Å². The SMILES string of the molecule is CC(C)C(=O)Nc1ccc(N(C)C)c(CN(CC2CC2)C(=O)C2CC2)c1. The summed E-state index contributed by atoms with van der Waals surface area (Å²) < 4.78 is 0. The molecule has 0 bridgehead atoms. The average Bonchev–Trinajstić information content (AvgIpc) is 3.46. The molecule has 0 aromatic heterocycles. The Morgan fingerprint density at radius 1 is 1.15 bits per heavy atom. The molecule has 2 fully saturated rings. The van der Waals surface area contributed by atoms with Gasteiger partial charge in [0.1, 0.15) is 0 Å². The Balaban J connectivity index is 1.81. The Kier molecular flexibility index (Phi) is 5.54. The second kappa shape index (κ2) is 7.68. The van der Waals surface area contributed by atoms with E-state index in [0.717, 1.165) is 36.3 Å². The molecule has 142 valence electrons. The Bertz CT molecular complexity index is 676. The first kappa shape index (κ1) is 18.7. The van der Waals surface area contributed by atoms with E-state index in [1.54, 1.807) is 0 Å². The third-order valence-electron chi connectivity index (χ3n) is 5.13. The van der Waals surface area contributed by atoms with Crippen LogP contribution in [-0.2, 0) is 16.1 Å². The molecule has 5 heteroatoms. The lowest BCUT2D eigenvalue weighted by Crippen LogP contribution is -2.34. The van der Waals surface area contributed by atoms with E-state index in [1.807, 2.05) is 51.0 Å². The van der Waals surface area contributed by atoms with Crippen LogP contribution in [0.3, 0.4) is 0 Å². The number of anilines is 2. The summed E-state index contributed by atoms with van der Waals surface area (Å²) >= 11 is 0. The van der Waals surface area contributed by atoms with Gasteiger partial charge in [-0.3, -0.25) is 9.59 Å². The van der Waals surface area contributed by atoms with Crippen LogP contribution in [0, 0.1) is 17.8 Å². The second-order valence-electron chi connectivity index (χ2n) is 8.32. The summed E-state index contributed by atoms with van der Waals surface area (Å²) in [7, 11) is 4.03. The van der Waals surface area contributed by atoms with Crippen molar-refractivity contribution in [3.63, 3.8) is 0 Å². The van der Waals surface area contributed by atoms with E-state index < -0.39 is 0 Å². The fourth-order valence-electron chi connectivity index (χ4n) is 3.15. The van der Waals surface area contributed by atoms with Crippen molar-refractivity contribution >= 4 is 23.2 Å². The standard InChI is InChI=1S/C21H31N3O2/c1-14(2)20(25)22-18-9-10-19(23(3)4)17(11-18)13-24(12-15-5-6-15)21(26)16-7-8-16/h9-11,14-16H,5-8,12-13H2,1-4H3,(H,22,25). The number of amides is 2. The topological polar surface area (TPSA) is 52.7 Å². The minimum Gasteiger partial charge on any atom is -0.377 e. The van der Waals surface area contributed by atoms with Crippen LogP contribution in [0.15, 0.2) is 18.2 Å². The summed E-state index contributed by atoms with van der Waals surface area (Å²) in [5.41, 5.74) is 2.98. The van der Waals surface area contributed by atoms with Gasteiger partial charge in [0, 0.05) is 50.4 Å². The molecule has 0 aliphatic heterocycles. The van der Waals surface area contributed by atoms with E-state index in [1.165, 1.54) is 12.8 Å². The summed E-state index contributed by atoms with van der Waals surface area (Å²) in [5, 5.41) is 2.98. The molecule has 2 aliphatic carbocycles.